The Morgan fingerprint density at radius 2 is 2.08 bits per heavy atom. The number of hydrogen-bond donors (Lipinski definition) is 2. The van der Waals surface area contributed by atoms with Gasteiger partial charge in [0.1, 0.15) is 0 Å². The van der Waals surface area contributed by atoms with E-state index < -0.39 is 0 Å². The molecule has 0 fully saturated rings. The summed E-state index contributed by atoms with van der Waals surface area (Å²) in [5.74, 6) is 0.687. The van der Waals surface area contributed by atoms with Crippen LogP contribution in [0.2, 0.25) is 0 Å². The van der Waals surface area contributed by atoms with Gasteiger partial charge in [0.15, 0.2) is 0 Å². The maximum atomic E-state index is 8.92. The molecule has 0 rings (SSSR count). The Kier molecular flexibility index (Phi) is 8.40. The summed E-state index contributed by atoms with van der Waals surface area (Å²) in [5, 5.41) is 12.1. The lowest BCUT2D eigenvalue weighted by Gasteiger charge is -2.15. The van der Waals surface area contributed by atoms with Crippen LogP contribution in [-0.2, 0) is 4.74 Å². The van der Waals surface area contributed by atoms with Crippen LogP contribution in [-0.4, -0.2) is 37.5 Å². The van der Waals surface area contributed by atoms with Gasteiger partial charge in [-0.1, -0.05) is 20.8 Å². The van der Waals surface area contributed by atoms with E-state index in [2.05, 4.69) is 19.2 Å². The normalized spacial score (nSPS) is 13.6. The van der Waals surface area contributed by atoms with E-state index in [4.69, 9.17) is 9.84 Å². The van der Waals surface area contributed by atoms with Crippen molar-refractivity contribution in [2.45, 2.75) is 33.2 Å². The fraction of sp³-hybridized carbons (Fsp3) is 1.00. The highest BCUT2D eigenvalue weighted by molar-refractivity contribution is 4.62. The number of hydrogen-bond acceptors (Lipinski definition) is 3. The lowest BCUT2D eigenvalue weighted by molar-refractivity contribution is 0.0827. The van der Waals surface area contributed by atoms with Gasteiger partial charge >= 0.3 is 0 Å². The van der Waals surface area contributed by atoms with Crippen molar-refractivity contribution in [1.29, 1.82) is 0 Å². The Morgan fingerprint density at radius 1 is 1.38 bits per heavy atom. The molecule has 0 aliphatic rings. The highest BCUT2D eigenvalue weighted by atomic mass is 16.5. The highest BCUT2D eigenvalue weighted by Crippen LogP contribution is 1.99. The molecule has 13 heavy (non-hydrogen) atoms. The van der Waals surface area contributed by atoms with Crippen LogP contribution in [0.5, 0.6) is 0 Å². The second kappa shape index (κ2) is 8.48. The van der Waals surface area contributed by atoms with Crippen LogP contribution < -0.4 is 5.32 Å². The number of aliphatic hydroxyl groups excluding tert-OH is 1. The lowest BCUT2D eigenvalue weighted by atomic mass is 10.1. The van der Waals surface area contributed by atoms with Crippen molar-refractivity contribution in [2.75, 3.05) is 26.4 Å². The zero-order valence-corrected chi connectivity index (χ0v) is 9.05. The van der Waals surface area contributed by atoms with Crippen LogP contribution in [0.15, 0.2) is 0 Å². The lowest BCUT2D eigenvalue weighted by Crippen LogP contribution is -2.36. The molecule has 1 atom stereocenters. The van der Waals surface area contributed by atoms with Crippen molar-refractivity contribution in [2.24, 2.45) is 5.92 Å². The molecule has 0 aliphatic heterocycles. The summed E-state index contributed by atoms with van der Waals surface area (Å²) in [5.41, 5.74) is 0. The molecule has 0 aromatic rings. The van der Waals surface area contributed by atoms with E-state index in [9.17, 15) is 0 Å². The molecule has 0 saturated heterocycles. The predicted octanol–water partition coefficient (Wildman–Crippen LogP) is 1.02. The zero-order chi connectivity index (χ0) is 10.1. The van der Waals surface area contributed by atoms with E-state index >= 15 is 0 Å². The van der Waals surface area contributed by atoms with E-state index in [0.717, 1.165) is 19.6 Å². The fourth-order valence-electron chi connectivity index (χ4n) is 1.01. The average molecular weight is 189 g/mol. The summed E-state index contributed by atoms with van der Waals surface area (Å²) in [6.45, 7) is 8.80. The molecule has 0 aliphatic carbocycles. The van der Waals surface area contributed by atoms with Gasteiger partial charge in [0, 0.05) is 6.61 Å². The van der Waals surface area contributed by atoms with Crippen LogP contribution in [0.3, 0.4) is 0 Å². The van der Waals surface area contributed by atoms with Gasteiger partial charge < -0.3 is 15.2 Å². The molecule has 0 aromatic carbocycles. The molecule has 0 spiro atoms. The van der Waals surface area contributed by atoms with Crippen molar-refractivity contribution in [1.82, 2.24) is 5.32 Å². The molecular formula is C10H23NO2. The fourth-order valence-corrected chi connectivity index (χ4v) is 1.01. The average Bonchev–Trinajstić information content (AvgIpc) is 2.10. The van der Waals surface area contributed by atoms with Gasteiger partial charge in [-0.25, -0.2) is 0 Å². The Balaban J connectivity index is 3.27. The van der Waals surface area contributed by atoms with Crippen LogP contribution in [0.1, 0.15) is 27.2 Å². The molecule has 2 N–H and O–H groups in total. The molecular weight excluding hydrogens is 166 g/mol. The van der Waals surface area contributed by atoms with E-state index in [1.165, 1.54) is 0 Å². The second-order valence-electron chi connectivity index (χ2n) is 3.69. The topological polar surface area (TPSA) is 41.5 Å². The van der Waals surface area contributed by atoms with Crippen LogP contribution in [0.4, 0.5) is 0 Å². The first-order valence-corrected chi connectivity index (χ1v) is 5.12. The van der Waals surface area contributed by atoms with E-state index in [1.54, 1.807) is 0 Å². The third kappa shape index (κ3) is 8.22. The minimum Gasteiger partial charge on any atom is -0.395 e. The molecule has 0 bridgehead atoms. The molecule has 0 amide bonds. The van der Waals surface area contributed by atoms with Crippen molar-refractivity contribution < 1.29 is 9.84 Å². The maximum Gasteiger partial charge on any atom is 0.0642 e. The third-order valence-electron chi connectivity index (χ3n) is 1.87. The summed E-state index contributed by atoms with van der Waals surface area (Å²) >= 11 is 0. The Labute approximate surface area is 81.5 Å². The van der Waals surface area contributed by atoms with Crippen molar-refractivity contribution in [3.05, 3.63) is 0 Å². The molecule has 80 valence electrons. The predicted molar refractivity (Wildman–Crippen MR) is 54.8 cm³/mol. The SMILES string of the molecule is CCNC(CO)COCCC(C)C. The van der Waals surface area contributed by atoms with Gasteiger partial charge in [-0.2, -0.15) is 0 Å². The minimum absolute atomic E-state index is 0.0946. The van der Waals surface area contributed by atoms with Gasteiger partial charge in [-0.15, -0.1) is 0 Å². The number of rotatable bonds is 8. The second-order valence-corrected chi connectivity index (χ2v) is 3.69. The van der Waals surface area contributed by atoms with Gasteiger partial charge in [0.05, 0.1) is 19.3 Å². The Morgan fingerprint density at radius 3 is 2.54 bits per heavy atom. The van der Waals surface area contributed by atoms with Crippen LogP contribution in [0.25, 0.3) is 0 Å². The maximum absolute atomic E-state index is 8.92. The Bertz CT molecular complexity index is 107. The third-order valence-corrected chi connectivity index (χ3v) is 1.87. The smallest absolute Gasteiger partial charge is 0.0642 e. The molecule has 3 heteroatoms. The molecule has 0 radical (unpaired) electrons. The first kappa shape index (κ1) is 12.9. The number of ether oxygens (including phenoxy) is 1. The quantitative estimate of drug-likeness (QED) is 0.560. The van der Waals surface area contributed by atoms with E-state index in [-0.39, 0.29) is 12.6 Å². The summed E-state index contributed by atoms with van der Waals surface area (Å²) in [4.78, 5) is 0. The first-order chi connectivity index (χ1) is 6.20. The Hall–Kier alpha value is -0.120. The van der Waals surface area contributed by atoms with Crippen molar-refractivity contribution >= 4 is 0 Å². The van der Waals surface area contributed by atoms with Crippen molar-refractivity contribution in [3.63, 3.8) is 0 Å². The van der Waals surface area contributed by atoms with Crippen LogP contribution >= 0.6 is 0 Å². The first-order valence-electron chi connectivity index (χ1n) is 5.12. The molecule has 3 nitrogen and oxygen atoms in total. The summed E-state index contributed by atoms with van der Waals surface area (Å²) in [6, 6.07) is 0.0946. The minimum atomic E-state index is 0.0946. The number of aliphatic hydroxyl groups is 1. The summed E-state index contributed by atoms with van der Waals surface area (Å²) < 4.78 is 5.43. The van der Waals surface area contributed by atoms with Crippen LogP contribution in [0, 0.1) is 5.92 Å². The molecule has 0 aromatic heterocycles. The monoisotopic (exact) mass is 189 g/mol. The summed E-state index contributed by atoms with van der Waals surface area (Å²) in [6.07, 6.45) is 1.09. The number of nitrogens with one attached hydrogen (secondary N) is 1. The van der Waals surface area contributed by atoms with Gasteiger partial charge in [0.25, 0.3) is 0 Å². The molecule has 0 saturated carbocycles. The van der Waals surface area contributed by atoms with Gasteiger partial charge in [-0.05, 0) is 18.9 Å². The molecule has 1 unspecified atom stereocenters. The highest BCUT2D eigenvalue weighted by Gasteiger charge is 2.04. The van der Waals surface area contributed by atoms with E-state index in [1.807, 2.05) is 6.92 Å². The van der Waals surface area contributed by atoms with Gasteiger partial charge in [-0.3, -0.25) is 0 Å². The zero-order valence-electron chi connectivity index (χ0n) is 9.05. The number of likely N-dealkylation sites (N-methyl/N-ethyl adjacent to an activating group) is 1. The molecule has 0 heterocycles. The standard InChI is InChI=1S/C10H23NO2/c1-4-11-10(7-12)8-13-6-5-9(2)3/h9-12H,4-8H2,1-3H3. The summed E-state index contributed by atoms with van der Waals surface area (Å²) in [7, 11) is 0. The largest absolute Gasteiger partial charge is 0.395 e. The van der Waals surface area contributed by atoms with Crippen molar-refractivity contribution in [3.8, 4) is 0 Å². The van der Waals surface area contributed by atoms with Gasteiger partial charge in [0.2, 0.25) is 0 Å². The van der Waals surface area contributed by atoms with E-state index in [0.29, 0.717) is 12.5 Å².